The van der Waals surface area contributed by atoms with Crippen LogP contribution in [0, 0.1) is 0 Å². The minimum atomic E-state index is 0. The van der Waals surface area contributed by atoms with E-state index in [9.17, 15) is 0 Å². The third-order valence-corrected chi connectivity index (χ3v) is 6.48. The van der Waals surface area contributed by atoms with Crippen LogP contribution in [0.4, 0.5) is 0 Å². The van der Waals surface area contributed by atoms with E-state index in [0.29, 0.717) is 12.1 Å². The minimum absolute atomic E-state index is 0. The van der Waals surface area contributed by atoms with Crippen LogP contribution in [0.15, 0.2) is 52.8 Å². The molecule has 2 nitrogen and oxygen atoms in total. The van der Waals surface area contributed by atoms with Crippen molar-refractivity contribution in [2.45, 2.75) is 64.5 Å². The van der Waals surface area contributed by atoms with Crippen LogP contribution in [0.1, 0.15) is 64.3 Å². The molecule has 1 aliphatic carbocycles. The summed E-state index contributed by atoms with van der Waals surface area (Å²) in [6.45, 7) is 8.88. The highest BCUT2D eigenvalue weighted by Gasteiger charge is 2.43. The number of hydrogen-bond donors (Lipinski definition) is 0. The van der Waals surface area contributed by atoms with Gasteiger partial charge in [0.05, 0.1) is 0 Å². The Morgan fingerprint density at radius 1 is 1.00 bits per heavy atom. The van der Waals surface area contributed by atoms with Gasteiger partial charge >= 0.3 is 0 Å². The SMILES string of the molecule is Br.CC(C)/N=c1/scc(C2(c3ccc4ccccc4c3)CCC2)n1C(C)C. The Labute approximate surface area is 176 Å². The van der Waals surface area contributed by atoms with Gasteiger partial charge in [-0.15, -0.1) is 28.3 Å². The Hall–Kier alpha value is -1.39. The standard InChI is InChI=1S/C23H28N2S.BrH/c1-16(2)24-22-25(17(3)4)21(15-26-22)23(12-7-13-23)20-11-10-18-8-5-6-9-19(18)14-20;/h5-6,8-11,14-17H,7,12-13H2,1-4H3;1H/b24-22+;. The molecule has 1 saturated carbocycles. The van der Waals surface area contributed by atoms with Gasteiger partial charge in [0.2, 0.25) is 0 Å². The highest BCUT2D eigenvalue weighted by atomic mass is 79.9. The van der Waals surface area contributed by atoms with Crippen LogP contribution in [-0.4, -0.2) is 10.6 Å². The number of aromatic nitrogens is 1. The van der Waals surface area contributed by atoms with E-state index in [2.05, 4.69) is 80.1 Å². The van der Waals surface area contributed by atoms with Crippen LogP contribution in [0.3, 0.4) is 0 Å². The molecule has 0 unspecified atom stereocenters. The number of thiazole rings is 1. The Morgan fingerprint density at radius 2 is 1.70 bits per heavy atom. The summed E-state index contributed by atoms with van der Waals surface area (Å²) in [5.74, 6) is 0. The lowest BCUT2D eigenvalue weighted by molar-refractivity contribution is 0.278. The largest absolute Gasteiger partial charge is 0.318 e. The van der Waals surface area contributed by atoms with E-state index in [1.165, 1.54) is 41.3 Å². The van der Waals surface area contributed by atoms with E-state index < -0.39 is 0 Å². The fourth-order valence-electron chi connectivity index (χ4n) is 4.19. The molecule has 1 aromatic heterocycles. The molecule has 4 heteroatoms. The van der Waals surface area contributed by atoms with Crippen LogP contribution in [0.2, 0.25) is 0 Å². The maximum absolute atomic E-state index is 4.90. The molecule has 3 aromatic rings. The molecule has 0 amide bonds. The second kappa shape index (κ2) is 7.92. The molecule has 2 aromatic carbocycles. The molecule has 0 saturated heterocycles. The molecule has 0 radical (unpaired) electrons. The number of hydrogen-bond acceptors (Lipinski definition) is 2. The molecule has 4 rings (SSSR count). The molecular formula is C23H29BrN2S. The van der Waals surface area contributed by atoms with Crippen molar-refractivity contribution >= 4 is 39.1 Å². The van der Waals surface area contributed by atoms with Gasteiger partial charge in [0, 0.05) is 28.6 Å². The fraction of sp³-hybridized carbons (Fsp3) is 0.435. The summed E-state index contributed by atoms with van der Waals surface area (Å²) in [6.07, 6.45) is 3.77. The van der Waals surface area contributed by atoms with Gasteiger partial charge in [0.15, 0.2) is 4.80 Å². The zero-order chi connectivity index (χ0) is 18.3. The molecule has 1 heterocycles. The minimum Gasteiger partial charge on any atom is -0.318 e. The lowest BCUT2D eigenvalue weighted by atomic mass is 9.62. The number of halogens is 1. The van der Waals surface area contributed by atoms with Crippen molar-refractivity contribution in [1.29, 1.82) is 0 Å². The summed E-state index contributed by atoms with van der Waals surface area (Å²) in [5, 5.41) is 5.04. The molecule has 0 bridgehead atoms. The van der Waals surface area contributed by atoms with E-state index in [1.54, 1.807) is 11.3 Å². The van der Waals surface area contributed by atoms with Gasteiger partial charge in [-0.3, -0.25) is 4.99 Å². The van der Waals surface area contributed by atoms with Crippen molar-refractivity contribution in [3.63, 3.8) is 0 Å². The second-order valence-electron chi connectivity index (χ2n) is 8.09. The Kier molecular flexibility index (Phi) is 5.97. The Bertz CT molecular complexity index is 993. The predicted molar refractivity (Wildman–Crippen MR) is 122 cm³/mol. The fourth-order valence-corrected chi connectivity index (χ4v) is 5.44. The summed E-state index contributed by atoms with van der Waals surface area (Å²) in [6, 6.07) is 16.5. The van der Waals surface area contributed by atoms with Crippen molar-refractivity contribution in [1.82, 2.24) is 4.57 Å². The van der Waals surface area contributed by atoms with E-state index in [1.807, 2.05) is 0 Å². The summed E-state index contributed by atoms with van der Waals surface area (Å²) in [5.41, 5.74) is 3.07. The molecule has 0 N–H and O–H groups in total. The molecule has 0 spiro atoms. The zero-order valence-electron chi connectivity index (χ0n) is 16.6. The van der Waals surface area contributed by atoms with Gasteiger partial charge in [-0.25, -0.2) is 0 Å². The third-order valence-electron chi connectivity index (χ3n) is 5.63. The first-order valence-corrected chi connectivity index (χ1v) is 10.6. The molecule has 27 heavy (non-hydrogen) atoms. The van der Waals surface area contributed by atoms with E-state index in [-0.39, 0.29) is 22.4 Å². The first kappa shape index (κ1) is 20.3. The molecule has 1 aliphatic rings. The zero-order valence-corrected chi connectivity index (χ0v) is 19.1. The second-order valence-corrected chi connectivity index (χ2v) is 8.92. The Morgan fingerprint density at radius 3 is 2.30 bits per heavy atom. The number of nitrogens with zero attached hydrogens (tertiary/aromatic N) is 2. The van der Waals surface area contributed by atoms with Crippen molar-refractivity contribution in [2.24, 2.45) is 4.99 Å². The molecule has 1 fully saturated rings. The van der Waals surface area contributed by atoms with Crippen LogP contribution in [0.25, 0.3) is 10.8 Å². The molecule has 0 aliphatic heterocycles. The first-order chi connectivity index (χ1) is 12.5. The quantitative estimate of drug-likeness (QED) is 0.428. The molecule has 0 atom stereocenters. The van der Waals surface area contributed by atoms with Crippen LogP contribution >= 0.6 is 28.3 Å². The normalized spacial score (nSPS) is 16.6. The Balaban J connectivity index is 0.00000210. The van der Waals surface area contributed by atoms with Gasteiger partial charge in [0.1, 0.15) is 0 Å². The predicted octanol–water partition coefficient (Wildman–Crippen LogP) is 6.64. The number of benzene rings is 2. The highest BCUT2D eigenvalue weighted by molar-refractivity contribution is 8.93. The van der Waals surface area contributed by atoms with Crippen molar-refractivity contribution in [2.75, 3.05) is 0 Å². The lowest BCUT2D eigenvalue weighted by Crippen LogP contribution is -2.39. The maximum atomic E-state index is 4.90. The summed E-state index contributed by atoms with van der Waals surface area (Å²) in [4.78, 5) is 6.06. The average molecular weight is 445 g/mol. The third kappa shape index (κ3) is 3.54. The monoisotopic (exact) mass is 444 g/mol. The van der Waals surface area contributed by atoms with Gasteiger partial charge in [-0.05, 0) is 56.9 Å². The van der Waals surface area contributed by atoms with E-state index >= 15 is 0 Å². The number of rotatable bonds is 4. The summed E-state index contributed by atoms with van der Waals surface area (Å²) < 4.78 is 2.49. The lowest BCUT2D eigenvalue weighted by Gasteiger charge is -2.43. The van der Waals surface area contributed by atoms with Crippen molar-refractivity contribution in [3.8, 4) is 0 Å². The van der Waals surface area contributed by atoms with Crippen LogP contribution in [0.5, 0.6) is 0 Å². The number of fused-ring (bicyclic) bond motifs is 1. The molecular weight excluding hydrogens is 416 g/mol. The average Bonchev–Trinajstić information content (AvgIpc) is 2.97. The first-order valence-electron chi connectivity index (χ1n) is 9.75. The maximum Gasteiger partial charge on any atom is 0.185 e. The van der Waals surface area contributed by atoms with Crippen molar-refractivity contribution in [3.05, 3.63) is 63.9 Å². The molecule has 144 valence electrons. The summed E-state index contributed by atoms with van der Waals surface area (Å²) in [7, 11) is 0. The highest BCUT2D eigenvalue weighted by Crippen LogP contribution is 2.50. The summed E-state index contributed by atoms with van der Waals surface area (Å²) >= 11 is 1.80. The topological polar surface area (TPSA) is 17.3 Å². The van der Waals surface area contributed by atoms with Gasteiger partial charge in [0.25, 0.3) is 0 Å². The van der Waals surface area contributed by atoms with Gasteiger partial charge in [-0.2, -0.15) is 0 Å². The van der Waals surface area contributed by atoms with Crippen molar-refractivity contribution < 1.29 is 0 Å². The smallest absolute Gasteiger partial charge is 0.185 e. The van der Waals surface area contributed by atoms with Gasteiger partial charge in [-0.1, -0.05) is 48.9 Å². The van der Waals surface area contributed by atoms with Gasteiger partial charge < -0.3 is 4.57 Å². The van der Waals surface area contributed by atoms with Crippen LogP contribution < -0.4 is 4.80 Å². The van der Waals surface area contributed by atoms with E-state index in [0.717, 1.165) is 4.80 Å². The van der Waals surface area contributed by atoms with E-state index in [4.69, 9.17) is 4.99 Å². The van der Waals surface area contributed by atoms with Crippen LogP contribution in [-0.2, 0) is 5.41 Å².